The van der Waals surface area contributed by atoms with E-state index in [0.29, 0.717) is 52.4 Å². The van der Waals surface area contributed by atoms with Crippen molar-refractivity contribution in [2.75, 3.05) is 35.9 Å². The molecule has 322 valence electrons. The minimum atomic E-state index is -0.143. The zero-order chi connectivity index (χ0) is 44.2. The number of pyridine rings is 4. The van der Waals surface area contributed by atoms with E-state index < -0.39 is 0 Å². The van der Waals surface area contributed by atoms with Crippen LogP contribution in [0.5, 0.6) is 11.5 Å². The van der Waals surface area contributed by atoms with Crippen molar-refractivity contribution in [3.63, 3.8) is 0 Å². The summed E-state index contributed by atoms with van der Waals surface area (Å²) in [5, 5.41) is 21.2. The SMILES string of the molecule is COc1ccc(C)c(-c2cc3cc(NC(=O)C4C[C@H]4c4cnn(C)c4)ncc3c(NCc3ccc(OC)cc3-c3cc4cc(NC(=O)[C@H]5C[C@@H]5c5cnn(C)c5)ncc4c(N)n3)n2)c1. The number of nitrogens with two attached hydrogens (primary N) is 1. The maximum absolute atomic E-state index is 13.4. The molecule has 64 heavy (non-hydrogen) atoms. The number of nitrogens with one attached hydrogen (secondary N) is 3. The first kappa shape index (κ1) is 40.2. The van der Waals surface area contributed by atoms with Crippen molar-refractivity contribution in [2.45, 2.75) is 38.1 Å². The first-order valence-corrected chi connectivity index (χ1v) is 21.0. The summed E-state index contributed by atoms with van der Waals surface area (Å²) in [6, 6.07) is 19.4. The third-order valence-corrected chi connectivity index (χ3v) is 12.3. The summed E-state index contributed by atoms with van der Waals surface area (Å²) in [6.07, 6.45) is 12.5. The Morgan fingerprint density at radius 2 is 1.25 bits per heavy atom. The number of anilines is 4. The van der Waals surface area contributed by atoms with Crippen LogP contribution in [0.4, 0.5) is 23.3 Å². The van der Waals surface area contributed by atoms with E-state index in [2.05, 4.69) is 36.1 Å². The van der Waals surface area contributed by atoms with Gasteiger partial charge in [-0.2, -0.15) is 10.2 Å². The number of ether oxygens (including phenoxy) is 2. The fourth-order valence-electron chi connectivity index (χ4n) is 8.54. The average molecular weight is 855 g/mol. The van der Waals surface area contributed by atoms with Gasteiger partial charge in [-0.05, 0) is 113 Å². The second kappa shape index (κ2) is 16.1. The highest BCUT2D eigenvalue weighted by atomic mass is 16.5. The predicted octanol–water partition coefficient (Wildman–Crippen LogP) is 7.38. The molecule has 0 aliphatic heterocycles. The number of nitrogens with zero attached hydrogens (tertiary/aromatic N) is 8. The molecule has 0 spiro atoms. The standard InChI is InChI=1S/C48H46N12O4/c1-25-6-8-31(63-4)14-33(25)41-11-28-13-44(58-48(62)38-17-35(38)30-20-54-60(3)24-30)51-22-40(28)46(56-41)52-18-26-7-9-32(64-5)15-36(26)42-10-27-12-43(50-21-39(27)45(49)55-42)57-47(61)37-16-34(37)29-19-53-59(2)23-29/h6-15,19-24,34-35,37-38H,16-18H2,1-5H3,(H2,49,55)(H,52,56)(H,50,57,61)(H,51,58,62)/t34-,35+,37+,38?/m1/s1. The van der Waals surface area contributed by atoms with Gasteiger partial charge in [0.1, 0.15) is 34.8 Å². The van der Waals surface area contributed by atoms with Crippen molar-refractivity contribution >= 4 is 56.6 Å². The van der Waals surface area contributed by atoms with Crippen LogP contribution in [-0.4, -0.2) is 65.5 Å². The third-order valence-electron chi connectivity index (χ3n) is 12.3. The van der Waals surface area contributed by atoms with Gasteiger partial charge in [0.15, 0.2) is 0 Å². The Hall–Kier alpha value is -7.88. The normalized spacial score (nSPS) is 17.6. The minimum absolute atomic E-state index is 0.0719. The molecule has 6 heterocycles. The number of methoxy groups -OCH3 is 2. The number of carbonyl (C=O) groups is 2. The highest BCUT2D eigenvalue weighted by molar-refractivity contribution is 6.00. The molecule has 10 rings (SSSR count). The van der Waals surface area contributed by atoms with Gasteiger partial charge in [0.05, 0.1) is 38.0 Å². The van der Waals surface area contributed by atoms with Gasteiger partial charge in [-0.25, -0.2) is 19.9 Å². The van der Waals surface area contributed by atoms with E-state index in [1.165, 1.54) is 0 Å². The molecule has 4 atom stereocenters. The Labute approximate surface area is 368 Å². The van der Waals surface area contributed by atoms with Crippen LogP contribution < -0.4 is 31.2 Å². The van der Waals surface area contributed by atoms with E-state index in [1.807, 2.05) is 106 Å². The Balaban J connectivity index is 0.949. The molecule has 16 heteroatoms. The number of nitrogen functional groups attached to an aromatic ring is 1. The maximum Gasteiger partial charge on any atom is 0.229 e. The summed E-state index contributed by atoms with van der Waals surface area (Å²) in [5.74, 6) is 2.98. The molecular weight excluding hydrogens is 809 g/mol. The van der Waals surface area contributed by atoms with Gasteiger partial charge in [0.2, 0.25) is 11.8 Å². The van der Waals surface area contributed by atoms with Crippen molar-refractivity contribution in [2.24, 2.45) is 25.9 Å². The van der Waals surface area contributed by atoms with Crippen LogP contribution >= 0.6 is 0 Å². The molecule has 1 unspecified atom stereocenters. The molecule has 0 radical (unpaired) electrons. The summed E-state index contributed by atoms with van der Waals surface area (Å²) >= 11 is 0. The largest absolute Gasteiger partial charge is 0.497 e. The lowest BCUT2D eigenvalue weighted by Crippen LogP contribution is -2.15. The number of hydrogen-bond donors (Lipinski definition) is 4. The number of aromatic nitrogens is 8. The summed E-state index contributed by atoms with van der Waals surface area (Å²) in [4.78, 5) is 45.8. The van der Waals surface area contributed by atoms with Crippen LogP contribution in [0.15, 0.2) is 97.8 Å². The Kier molecular flexibility index (Phi) is 10.1. The lowest BCUT2D eigenvalue weighted by Gasteiger charge is -2.17. The molecule has 16 nitrogen and oxygen atoms in total. The van der Waals surface area contributed by atoms with Crippen molar-refractivity contribution in [1.29, 1.82) is 0 Å². The van der Waals surface area contributed by atoms with Crippen molar-refractivity contribution in [3.05, 3.63) is 120 Å². The molecule has 2 saturated carbocycles. The molecule has 6 aromatic heterocycles. The van der Waals surface area contributed by atoms with Crippen LogP contribution in [-0.2, 0) is 30.2 Å². The van der Waals surface area contributed by atoms with Gasteiger partial charge in [-0.3, -0.25) is 19.0 Å². The van der Waals surface area contributed by atoms with E-state index >= 15 is 0 Å². The lowest BCUT2D eigenvalue weighted by atomic mass is 10.0. The summed E-state index contributed by atoms with van der Waals surface area (Å²) in [6.45, 7) is 2.38. The lowest BCUT2D eigenvalue weighted by molar-refractivity contribution is -0.118. The third kappa shape index (κ3) is 7.89. The number of carbonyl (C=O) groups excluding carboxylic acids is 2. The molecule has 5 N–H and O–H groups in total. The number of aryl methyl sites for hydroxylation is 3. The predicted molar refractivity (Wildman–Crippen MR) is 245 cm³/mol. The molecular formula is C48H46N12O4. The maximum atomic E-state index is 13.4. The van der Waals surface area contributed by atoms with Crippen LogP contribution in [0.1, 0.15) is 46.9 Å². The summed E-state index contributed by atoms with van der Waals surface area (Å²) < 4.78 is 14.8. The van der Waals surface area contributed by atoms with Crippen LogP contribution in [0, 0.1) is 18.8 Å². The van der Waals surface area contributed by atoms with Gasteiger partial charge < -0.3 is 31.2 Å². The Morgan fingerprint density at radius 1 is 0.703 bits per heavy atom. The first-order valence-electron chi connectivity index (χ1n) is 21.0. The van der Waals surface area contributed by atoms with Gasteiger partial charge >= 0.3 is 0 Å². The fourth-order valence-corrected chi connectivity index (χ4v) is 8.54. The van der Waals surface area contributed by atoms with Crippen molar-refractivity contribution < 1.29 is 19.1 Å². The van der Waals surface area contributed by atoms with Crippen molar-refractivity contribution in [3.8, 4) is 34.0 Å². The van der Waals surface area contributed by atoms with Gasteiger partial charge in [0.25, 0.3) is 0 Å². The fraction of sp³-hybridized carbons (Fsp3) is 0.250. The van der Waals surface area contributed by atoms with Gasteiger partial charge in [-0.1, -0.05) is 12.1 Å². The topological polar surface area (TPSA) is 202 Å². The highest BCUT2D eigenvalue weighted by Gasteiger charge is 2.45. The number of amides is 2. The smallest absolute Gasteiger partial charge is 0.229 e. The summed E-state index contributed by atoms with van der Waals surface area (Å²) in [7, 11) is 7.00. The summed E-state index contributed by atoms with van der Waals surface area (Å²) in [5.41, 5.74) is 13.7. The van der Waals surface area contributed by atoms with E-state index in [0.717, 1.165) is 68.1 Å². The molecule has 2 aliphatic carbocycles. The first-order chi connectivity index (χ1) is 31.0. The second-order valence-corrected chi connectivity index (χ2v) is 16.7. The highest BCUT2D eigenvalue weighted by Crippen LogP contribution is 2.49. The molecule has 2 aliphatic rings. The number of fused-ring (bicyclic) bond motifs is 2. The Morgan fingerprint density at radius 3 is 1.83 bits per heavy atom. The molecule has 0 bridgehead atoms. The number of benzene rings is 2. The van der Waals surface area contributed by atoms with Gasteiger partial charge in [0, 0.05) is 79.2 Å². The second-order valence-electron chi connectivity index (χ2n) is 16.7. The van der Waals surface area contributed by atoms with E-state index in [1.54, 1.807) is 36.0 Å². The van der Waals surface area contributed by atoms with Gasteiger partial charge in [-0.15, -0.1) is 0 Å². The van der Waals surface area contributed by atoms with E-state index in [-0.39, 0.29) is 35.5 Å². The molecule has 8 aromatic rings. The number of rotatable bonds is 13. The van der Waals surface area contributed by atoms with Crippen molar-refractivity contribution in [1.82, 2.24) is 39.5 Å². The van der Waals surface area contributed by atoms with E-state index in [9.17, 15) is 9.59 Å². The zero-order valence-corrected chi connectivity index (χ0v) is 36.0. The van der Waals surface area contributed by atoms with Crippen LogP contribution in [0.3, 0.4) is 0 Å². The molecule has 2 amide bonds. The average Bonchev–Trinajstić information content (AvgIpc) is 4.20. The molecule has 2 aromatic carbocycles. The molecule has 2 fully saturated rings. The Bertz CT molecular complexity index is 3140. The molecule has 0 saturated heterocycles. The quantitative estimate of drug-likeness (QED) is 0.0898. The zero-order valence-electron chi connectivity index (χ0n) is 36.0. The monoisotopic (exact) mass is 854 g/mol. The minimum Gasteiger partial charge on any atom is -0.497 e. The van der Waals surface area contributed by atoms with Crippen LogP contribution in [0.2, 0.25) is 0 Å². The number of hydrogen-bond acceptors (Lipinski definition) is 12. The van der Waals surface area contributed by atoms with E-state index in [4.69, 9.17) is 25.2 Å². The van der Waals surface area contributed by atoms with Crippen LogP contribution in [0.25, 0.3) is 44.1 Å².